The quantitative estimate of drug-likeness (QED) is 0.663. The number of hydrogen-bond acceptors (Lipinski definition) is 4. The van der Waals surface area contributed by atoms with Crippen molar-refractivity contribution in [1.82, 2.24) is 25.0 Å². The first kappa shape index (κ1) is 9.08. The molecule has 0 aliphatic rings. The topological polar surface area (TPSA) is 56.5 Å². The number of aromatic nitrogens is 5. The van der Waals surface area contributed by atoms with Gasteiger partial charge >= 0.3 is 0 Å². The van der Waals surface area contributed by atoms with E-state index in [1.54, 1.807) is 30.9 Å². The SMILES string of the molecule is Cc1nc(Cl)cc(-c2cnnn2C)n1. The molecule has 0 radical (unpaired) electrons. The maximum absolute atomic E-state index is 5.82. The lowest BCUT2D eigenvalue weighted by Crippen LogP contribution is -1.97. The lowest BCUT2D eigenvalue weighted by Gasteiger charge is -2.01. The third-order valence-corrected chi connectivity index (χ3v) is 1.98. The summed E-state index contributed by atoms with van der Waals surface area (Å²) in [4.78, 5) is 8.22. The summed E-state index contributed by atoms with van der Waals surface area (Å²) in [6.45, 7) is 1.79. The summed E-state index contributed by atoms with van der Waals surface area (Å²) in [5, 5.41) is 8.01. The molecule has 0 bridgehead atoms. The highest BCUT2D eigenvalue weighted by Gasteiger charge is 2.07. The molecule has 0 aromatic carbocycles. The van der Waals surface area contributed by atoms with Crippen LogP contribution in [0.1, 0.15) is 5.82 Å². The van der Waals surface area contributed by atoms with E-state index in [9.17, 15) is 0 Å². The highest BCUT2D eigenvalue weighted by atomic mass is 35.5. The van der Waals surface area contributed by atoms with Gasteiger partial charge in [0.2, 0.25) is 0 Å². The molecule has 0 aliphatic heterocycles. The van der Waals surface area contributed by atoms with Crippen LogP contribution >= 0.6 is 11.6 Å². The van der Waals surface area contributed by atoms with Gasteiger partial charge in [0.1, 0.15) is 16.7 Å². The van der Waals surface area contributed by atoms with Crippen LogP contribution in [0.25, 0.3) is 11.4 Å². The fourth-order valence-corrected chi connectivity index (χ4v) is 1.41. The zero-order chi connectivity index (χ0) is 10.1. The van der Waals surface area contributed by atoms with Crippen LogP contribution in [0.5, 0.6) is 0 Å². The van der Waals surface area contributed by atoms with Gasteiger partial charge in [0.15, 0.2) is 0 Å². The van der Waals surface area contributed by atoms with Crippen LogP contribution in [0.4, 0.5) is 0 Å². The molecule has 6 heteroatoms. The van der Waals surface area contributed by atoms with E-state index in [-0.39, 0.29) is 0 Å². The fraction of sp³-hybridized carbons (Fsp3) is 0.250. The van der Waals surface area contributed by atoms with Gasteiger partial charge in [-0.15, -0.1) is 5.10 Å². The molecule has 0 N–H and O–H groups in total. The average molecular weight is 210 g/mol. The largest absolute Gasteiger partial charge is 0.246 e. The van der Waals surface area contributed by atoms with Crippen LogP contribution in [0.15, 0.2) is 12.3 Å². The van der Waals surface area contributed by atoms with Gasteiger partial charge in [-0.3, -0.25) is 0 Å². The predicted octanol–water partition coefficient (Wildman–Crippen LogP) is 1.23. The molecule has 0 saturated heterocycles. The van der Waals surface area contributed by atoms with E-state index in [1.165, 1.54) is 0 Å². The smallest absolute Gasteiger partial charge is 0.133 e. The summed E-state index contributed by atoms with van der Waals surface area (Å²) < 4.78 is 1.64. The highest BCUT2D eigenvalue weighted by Crippen LogP contribution is 2.17. The Balaban J connectivity index is 2.57. The van der Waals surface area contributed by atoms with Gasteiger partial charge in [0.25, 0.3) is 0 Å². The van der Waals surface area contributed by atoms with Crippen molar-refractivity contribution in [3.63, 3.8) is 0 Å². The zero-order valence-corrected chi connectivity index (χ0v) is 8.52. The molecule has 0 atom stereocenters. The van der Waals surface area contributed by atoms with E-state index in [2.05, 4.69) is 20.3 Å². The van der Waals surface area contributed by atoms with Crippen LogP contribution in [-0.2, 0) is 7.05 Å². The van der Waals surface area contributed by atoms with E-state index in [0.717, 1.165) is 11.4 Å². The number of nitrogens with zero attached hydrogens (tertiary/aromatic N) is 5. The van der Waals surface area contributed by atoms with Crippen LogP contribution < -0.4 is 0 Å². The molecule has 0 spiro atoms. The highest BCUT2D eigenvalue weighted by molar-refractivity contribution is 6.29. The zero-order valence-electron chi connectivity index (χ0n) is 7.77. The Labute approximate surface area is 85.8 Å². The lowest BCUT2D eigenvalue weighted by atomic mass is 10.3. The standard InChI is InChI=1S/C8H8ClN5/c1-5-11-6(3-8(9)12-5)7-4-10-13-14(7)2/h3-4H,1-2H3. The van der Waals surface area contributed by atoms with Crippen molar-refractivity contribution >= 4 is 11.6 Å². The van der Waals surface area contributed by atoms with Crippen molar-refractivity contribution in [3.8, 4) is 11.4 Å². The monoisotopic (exact) mass is 209 g/mol. The molecule has 0 fully saturated rings. The normalized spacial score (nSPS) is 10.5. The summed E-state index contributed by atoms with van der Waals surface area (Å²) in [5.41, 5.74) is 1.55. The van der Waals surface area contributed by atoms with E-state index in [1.807, 2.05) is 0 Å². The van der Waals surface area contributed by atoms with Crippen LogP contribution in [0.3, 0.4) is 0 Å². The maximum atomic E-state index is 5.82. The molecule has 0 amide bonds. The Kier molecular flexibility index (Phi) is 2.17. The number of halogens is 1. The summed E-state index contributed by atoms with van der Waals surface area (Å²) >= 11 is 5.82. The molecule has 2 aromatic rings. The summed E-state index contributed by atoms with van der Waals surface area (Å²) in [5.74, 6) is 0.633. The molecule has 2 rings (SSSR count). The Hall–Kier alpha value is -1.49. The third kappa shape index (κ3) is 1.58. The predicted molar refractivity (Wildman–Crippen MR) is 51.8 cm³/mol. The van der Waals surface area contributed by atoms with Gasteiger partial charge in [0.05, 0.1) is 11.9 Å². The molecule has 0 aliphatic carbocycles. The molecule has 0 unspecified atom stereocenters. The number of hydrogen-bond donors (Lipinski definition) is 0. The molecular formula is C8H8ClN5. The second-order valence-electron chi connectivity index (χ2n) is 2.87. The molecule has 72 valence electrons. The second kappa shape index (κ2) is 3.34. The average Bonchev–Trinajstić information content (AvgIpc) is 2.49. The minimum absolute atomic E-state index is 0.425. The molecule has 2 aromatic heterocycles. The van der Waals surface area contributed by atoms with Crippen LogP contribution in [-0.4, -0.2) is 25.0 Å². The second-order valence-corrected chi connectivity index (χ2v) is 3.25. The minimum atomic E-state index is 0.425. The van der Waals surface area contributed by atoms with Crippen LogP contribution in [0.2, 0.25) is 5.15 Å². The van der Waals surface area contributed by atoms with Crippen molar-refractivity contribution in [2.45, 2.75) is 6.92 Å². The molecule has 5 nitrogen and oxygen atoms in total. The van der Waals surface area contributed by atoms with Gasteiger partial charge in [-0.05, 0) is 6.92 Å². The molecular weight excluding hydrogens is 202 g/mol. The van der Waals surface area contributed by atoms with E-state index in [4.69, 9.17) is 11.6 Å². The third-order valence-electron chi connectivity index (χ3n) is 1.78. The van der Waals surface area contributed by atoms with Gasteiger partial charge in [-0.2, -0.15) is 0 Å². The van der Waals surface area contributed by atoms with E-state index in [0.29, 0.717) is 11.0 Å². The molecule has 14 heavy (non-hydrogen) atoms. The number of aryl methyl sites for hydroxylation is 2. The van der Waals surface area contributed by atoms with Crippen molar-refractivity contribution in [2.75, 3.05) is 0 Å². The van der Waals surface area contributed by atoms with Crippen LogP contribution in [0, 0.1) is 6.92 Å². The lowest BCUT2D eigenvalue weighted by molar-refractivity contribution is 0.718. The summed E-state index contributed by atoms with van der Waals surface area (Å²) in [7, 11) is 1.80. The van der Waals surface area contributed by atoms with Gasteiger partial charge in [-0.25, -0.2) is 14.6 Å². The summed E-state index contributed by atoms with van der Waals surface area (Å²) in [6, 6.07) is 1.69. The number of rotatable bonds is 1. The summed E-state index contributed by atoms with van der Waals surface area (Å²) in [6.07, 6.45) is 1.64. The Morgan fingerprint density at radius 1 is 1.36 bits per heavy atom. The van der Waals surface area contributed by atoms with Crippen molar-refractivity contribution < 1.29 is 0 Å². The van der Waals surface area contributed by atoms with Crippen molar-refractivity contribution in [1.29, 1.82) is 0 Å². The Morgan fingerprint density at radius 2 is 2.14 bits per heavy atom. The molecule has 2 heterocycles. The van der Waals surface area contributed by atoms with Crippen molar-refractivity contribution in [3.05, 3.63) is 23.2 Å². The first-order valence-electron chi connectivity index (χ1n) is 4.03. The Bertz CT molecular complexity index is 444. The van der Waals surface area contributed by atoms with E-state index < -0.39 is 0 Å². The molecule has 0 saturated carbocycles. The minimum Gasteiger partial charge on any atom is -0.246 e. The Morgan fingerprint density at radius 3 is 2.71 bits per heavy atom. The van der Waals surface area contributed by atoms with Crippen molar-refractivity contribution in [2.24, 2.45) is 7.05 Å². The first-order valence-corrected chi connectivity index (χ1v) is 4.41. The fourth-order valence-electron chi connectivity index (χ4n) is 1.18. The first-order chi connectivity index (χ1) is 6.66. The maximum Gasteiger partial charge on any atom is 0.133 e. The van der Waals surface area contributed by atoms with Gasteiger partial charge in [-0.1, -0.05) is 16.8 Å². The van der Waals surface area contributed by atoms with Gasteiger partial charge in [0, 0.05) is 13.1 Å². The van der Waals surface area contributed by atoms with E-state index >= 15 is 0 Å². The van der Waals surface area contributed by atoms with Gasteiger partial charge < -0.3 is 0 Å².